The fourth-order valence-corrected chi connectivity index (χ4v) is 3.08. The van der Waals surface area contributed by atoms with Gasteiger partial charge in [-0.25, -0.2) is 0 Å². The number of carbonyl (C=O) groups is 1. The van der Waals surface area contributed by atoms with E-state index in [9.17, 15) is 9.90 Å². The van der Waals surface area contributed by atoms with E-state index in [4.69, 9.17) is 0 Å². The minimum atomic E-state index is -0.842. The molecule has 1 N–H and O–H groups in total. The first-order chi connectivity index (χ1) is 12.0. The van der Waals surface area contributed by atoms with Gasteiger partial charge in [0.25, 0.3) is 0 Å². The highest BCUT2D eigenvalue weighted by Crippen LogP contribution is 2.21. The third-order valence-electron chi connectivity index (χ3n) is 4.66. The van der Waals surface area contributed by atoms with Crippen molar-refractivity contribution in [3.8, 4) is 0 Å². The van der Waals surface area contributed by atoms with E-state index in [1.807, 2.05) is 16.8 Å². The highest BCUT2D eigenvalue weighted by Gasteiger charge is 2.22. The average molecular weight is 342 g/mol. The third-order valence-corrected chi connectivity index (χ3v) is 4.66. The molecule has 0 radical (unpaired) electrons. The smallest absolute Gasteiger partial charge is 0.225 e. The Labute approximate surface area is 148 Å². The van der Waals surface area contributed by atoms with Gasteiger partial charge in [0.15, 0.2) is 0 Å². The first kappa shape index (κ1) is 17.6. The number of fused-ring (bicyclic) bond motifs is 1. The van der Waals surface area contributed by atoms with E-state index >= 15 is 0 Å². The molecule has 1 amide bonds. The summed E-state index contributed by atoms with van der Waals surface area (Å²) in [5.74, 6) is -0.0945. The van der Waals surface area contributed by atoms with E-state index in [1.165, 1.54) is 10.5 Å². The zero-order valence-corrected chi connectivity index (χ0v) is 14.9. The lowest BCUT2D eigenvalue weighted by Crippen LogP contribution is -2.35. The van der Waals surface area contributed by atoms with Crippen molar-refractivity contribution in [1.29, 1.82) is 0 Å². The summed E-state index contributed by atoms with van der Waals surface area (Å²) in [6.45, 7) is 3.60. The van der Waals surface area contributed by atoms with Crippen molar-refractivity contribution in [1.82, 2.24) is 19.6 Å². The molecule has 1 aliphatic rings. The Morgan fingerprint density at radius 2 is 2.04 bits per heavy atom. The van der Waals surface area contributed by atoms with E-state index in [2.05, 4.69) is 34.3 Å². The molecule has 25 heavy (non-hydrogen) atoms. The number of aromatic nitrogens is 2. The van der Waals surface area contributed by atoms with E-state index in [-0.39, 0.29) is 12.3 Å². The Hall–Kier alpha value is -2.18. The number of nitrogens with zero attached hydrogens (tertiary/aromatic N) is 4. The van der Waals surface area contributed by atoms with Crippen LogP contribution in [0.4, 0.5) is 0 Å². The molecule has 0 bridgehead atoms. The summed E-state index contributed by atoms with van der Waals surface area (Å²) in [5, 5.41) is 14.8. The maximum atomic E-state index is 11.8. The third kappa shape index (κ3) is 4.46. The minimum Gasteiger partial charge on any atom is -0.386 e. The van der Waals surface area contributed by atoms with Crippen LogP contribution >= 0.6 is 0 Å². The standard InChI is InChI=1S/C19H26N4O2/c1-21(2)19(25)13-18(24)17-12-16-14-22(10-11-23(16)20-17)9-8-15-6-4-3-5-7-15/h3-7,12,18,24H,8-11,13-14H2,1-2H3/t18-/m0/s1. The van der Waals surface area contributed by atoms with Crippen molar-refractivity contribution < 1.29 is 9.90 Å². The Bertz CT molecular complexity index is 711. The maximum Gasteiger partial charge on any atom is 0.225 e. The van der Waals surface area contributed by atoms with Crippen LogP contribution in [0.5, 0.6) is 0 Å². The predicted octanol–water partition coefficient (Wildman–Crippen LogP) is 1.45. The van der Waals surface area contributed by atoms with Gasteiger partial charge in [0.2, 0.25) is 5.91 Å². The van der Waals surface area contributed by atoms with E-state index < -0.39 is 6.10 Å². The molecule has 0 fully saturated rings. The second-order valence-corrected chi connectivity index (χ2v) is 6.80. The van der Waals surface area contributed by atoms with Gasteiger partial charge in [-0.1, -0.05) is 30.3 Å². The summed E-state index contributed by atoms with van der Waals surface area (Å²) in [5.41, 5.74) is 3.04. The second-order valence-electron chi connectivity index (χ2n) is 6.80. The maximum absolute atomic E-state index is 11.8. The van der Waals surface area contributed by atoms with Crippen LogP contribution in [0.1, 0.15) is 29.5 Å². The predicted molar refractivity (Wildman–Crippen MR) is 95.9 cm³/mol. The van der Waals surface area contributed by atoms with Crippen molar-refractivity contribution >= 4 is 5.91 Å². The zero-order chi connectivity index (χ0) is 17.8. The molecule has 6 heteroatoms. The van der Waals surface area contributed by atoms with Crippen molar-refractivity contribution in [3.63, 3.8) is 0 Å². The van der Waals surface area contributed by atoms with Gasteiger partial charge in [-0.2, -0.15) is 5.10 Å². The molecular formula is C19H26N4O2. The molecule has 1 atom stereocenters. The fraction of sp³-hybridized carbons (Fsp3) is 0.474. The quantitative estimate of drug-likeness (QED) is 0.863. The average Bonchev–Trinajstić information content (AvgIpc) is 3.04. The van der Waals surface area contributed by atoms with Gasteiger partial charge in [-0.3, -0.25) is 14.4 Å². The van der Waals surface area contributed by atoms with Gasteiger partial charge in [0.1, 0.15) is 6.10 Å². The summed E-state index contributed by atoms with van der Waals surface area (Å²) in [6.07, 6.45) is 0.258. The van der Waals surface area contributed by atoms with Crippen LogP contribution in [0.25, 0.3) is 0 Å². The summed E-state index contributed by atoms with van der Waals surface area (Å²) in [6, 6.07) is 12.4. The molecule has 0 saturated heterocycles. The number of rotatable bonds is 6. The van der Waals surface area contributed by atoms with Crippen LogP contribution in [0.15, 0.2) is 36.4 Å². The normalized spacial score (nSPS) is 15.6. The largest absolute Gasteiger partial charge is 0.386 e. The lowest BCUT2D eigenvalue weighted by atomic mass is 10.1. The van der Waals surface area contributed by atoms with E-state index in [0.29, 0.717) is 5.69 Å². The lowest BCUT2D eigenvalue weighted by Gasteiger charge is -2.27. The molecule has 0 unspecified atom stereocenters. The number of aliphatic hydroxyl groups excluding tert-OH is 1. The molecule has 0 spiro atoms. The van der Waals surface area contributed by atoms with Gasteiger partial charge in [0, 0.05) is 33.7 Å². The molecule has 1 aliphatic heterocycles. The highest BCUT2D eigenvalue weighted by molar-refractivity contribution is 5.76. The molecule has 134 valence electrons. The molecule has 2 aromatic rings. The fourth-order valence-electron chi connectivity index (χ4n) is 3.08. The number of benzene rings is 1. The number of carbonyl (C=O) groups excluding carboxylic acids is 1. The molecular weight excluding hydrogens is 316 g/mol. The van der Waals surface area contributed by atoms with Crippen molar-refractivity contribution in [3.05, 3.63) is 53.3 Å². The van der Waals surface area contributed by atoms with Crippen LogP contribution in [-0.4, -0.2) is 57.8 Å². The van der Waals surface area contributed by atoms with Crippen LogP contribution in [0.2, 0.25) is 0 Å². The van der Waals surface area contributed by atoms with Gasteiger partial charge < -0.3 is 10.0 Å². The molecule has 3 rings (SSSR count). The van der Waals surface area contributed by atoms with Crippen molar-refractivity contribution in [2.75, 3.05) is 27.2 Å². The first-order valence-corrected chi connectivity index (χ1v) is 8.74. The van der Waals surface area contributed by atoms with Crippen LogP contribution in [0.3, 0.4) is 0 Å². The monoisotopic (exact) mass is 342 g/mol. The molecule has 1 aromatic heterocycles. The van der Waals surface area contributed by atoms with Gasteiger partial charge in [0.05, 0.1) is 24.4 Å². The molecule has 0 saturated carbocycles. The molecule has 2 heterocycles. The van der Waals surface area contributed by atoms with Gasteiger partial charge in [-0.05, 0) is 18.1 Å². The number of amides is 1. The topological polar surface area (TPSA) is 61.6 Å². The van der Waals surface area contributed by atoms with Crippen LogP contribution < -0.4 is 0 Å². The Morgan fingerprint density at radius 1 is 1.28 bits per heavy atom. The van der Waals surface area contributed by atoms with Crippen molar-refractivity contribution in [2.24, 2.45) is 0 Å². The van der Waals surface area contributed by atoms with Crippen molar-refractivity contribution in [2.45, 2.75) is 32.0 Å². The van der Waals surface area contributed by atoms with E-state index in [0.717, 1.165) is 38.3 Å². The highest BCUT2D eigenvalue weighted by atomic mass is 16.3. The zero-order valence-electron chi connectivity index (χ0n) is 14.9. The first-order valence-electron chi connectivity index (χ1n) is 8.74. The Kier molecular flexibility index (Phi) is 5.50. The molecule has 0 aliphatic carbocycles. The number of hydrogen-bond donors (Lipinski definition) is 1. The van der Waals surface area contributed by atoms with Gasteiger partial charge >= 0.3 is 0 Å². The summed E-state index contributed by atoms with van der Waals surface area (Å²) >= 11 is 0. The lowest BCUT2D eigenvalue weighted by molar-refractivity contribution is -0.130. The number of hydrogen-bond acceptors (Lipinski definition) is 4. The second kappa shape index (κ2) is 7.80. The van der Waals surface area contributed by atoms with E-state index in [1.54, 1.807) is 14.1 Å². The Morgan fingerprint density at radius 3 is 2.76 bits per heavy atom. The summed E-state index contributed by atoms with van der Waals surface area (Å²) < 4.78 is 1.96. The van der Waals surface area contributed by atoms with Crippen LogP contribution in [-0.2, 0) is 24.3 Å². The van der Waals surface area contributed by atoms with Gasteiger partial charge in [-0.15, -0.1) is 0 Å². The molecule has 1 aromatic carbocycles. The minimum absolute atomic E-state index is 0.0706. The number of aliphatic hydroxyl groups is 1. The summed E-state index contributed by atoms with van der Waals surface area (Å²) in [7, 11) is 3.38. The molecule has 6 nitrogen and oxygen atoms in total. The summed E-state index contributed by atoms with van der Waals surface area (Å²) in [4.78, 5) is 15.7. The van der Waals surface area contributed by atoms with Crippen LogP contribution in [0, 0.1) is 0 Å². The Balaban J connectivity index is 1.58. The SMILES string of the molecule is CN(C)C(=O)C[C@H](O)c1cc2n(n1)CCN(CCc1ccccc1)C2.